The number of hydrogen-bond acceptors (Lipinski definition) is 4. The Morgan fingerprint density at radius 1 is 1.14 bits per heavy atom. The van der Waals surface area contributed by atoms with Gasteiger partial charge in [-0.25, -0.2) is 8.42 Å². The third kappa shape index (κ3) is 5.11. The second-order valence-electron chi connectivity index (χ2n) is 7.01. The van der Waals surface area contributed by atoms with Crippen molar-refractivity contribution in [3.63, 3.8) is 0 Å². The molecule has 1 N–H and O–H groups in total. The summed E-state index contributed by atoms with van der Waals surface area (Å²) in [6, 6.07) is 12.7. The van der Waals surface area contributed by atoms with Crippen LogP contribution in [0.25, 0.3) is 0 Å². The summed E-state index contributed by atoms with van der Waals surface area (Å²) in [7, 11) is -3.23. The van der Waals surface area contributed by atoms with Gasteiger partial charge in [0.2, 0.25) is 10.0 Å². The lowest BCUT2D eigenvalue weighted by molar-refractivity contribution is 0.102. The normalized spacial score (nSPS) is 14.4. The molecule has 28 heavy (non-hydrogen) atoms. The topological polar surface area (TPSA) is 75.7 Å². The van der Waals surface area contributed by atoms with Gasteiger partial charge in [0, 0.05) is 24.3 Å². The number of fused-ring (bicyclic) bond motifs is 1. The van der Waals surface area contributed by atoms with Gasteiger partial charge in [-0.3, -0.25) is 4.79 Å². The van der Waals surface area contributed by atoms with Gasteiger partial charge in [0.05, 0.1) is 12.9 Å². The van der Waals surface area contributed by atoms with Crippen molar-refractivity contribution in [1.29, 1.82) is 0 Å². The molecule has 7 heteroatoms. The average Bonchev–Trinajstić information content (AvgIpc) is 2.67. The fourth-order valence-corrected chi connectivity index (χ4v) is 3.93. The molecule has 150 valence electrons. The van der Waals surface area contributed by atoms with Crippen molar-refractivity contribution in [3.05, 3.63) is 59.2 Å². The van der Waals surface area contributed by atoms with E-state index in [4.69, 9.17) is 4.74 Å². The quantitative estimate of drug-likeness (QED) is 0.720. The van der Waals surface area contributed by atoms with E-state index in [1.807, 2.05) is 18.2 Å². The minimum Gasteiger partial charge on any atom is -0.494 e. The Hall–Kier alpha value is -2.38. The van der Waals surface area contributed by atoms with Crippen LogP contribution in [0, 0.1) is 0 Å². The molecule has 2 aromatic carbocycles. The maximum Gasteiger partial charge on any atom is 0.255 e. The second kappa shape index (κ2) is 8.75. The first-order valence-corrected chi connectivity index (χ1v) is 11.3. The number of unbranched alkanes of at least 4 members (excludes halogenated alkanes) is 1. The molecule has 0 saturated heterocycles. The molecular formula is C21H26N2O4S. The van der Waals surface area contributed by atoms with E-state index < -0.39 is 10.0 Å². The molecule has 2 aromatic rings. The first kappa shape index (κ1) is 20.4. The molecule has 0 radical (unpaired) electrons. The molecule has 0 spiro atoms. The van der Waals surface area contributed by atoms with Crippen LogP contribution in [-0.2, 0) is 23.0 Å². The number of rotatable bonds is 7. The summed E-state index contributed by atoms with van der Waals surface area (Å²) < 4.78 is 30.7. The highest BCUT2D eigenvalue weighted by Crippen LogP contribution is 2.24. The molecule has 6 nitrogen and oxygen atoms in total. The van der Waals surface area contributed by atoms with Gasteiger partial charge < -0.3 is 10.1 Å². The van der Waals surface area contributed by atoms with Gasteiger partial charge in [0.15, 0.2) is 0 Å². The molecule has 0 saturated carbocycles. The van der Waals surface area contributed by atoms with E-state index in [1.165, 1.54) is 10.6 Å². The van der Waals surface area contributed by atoms with Gasteiger partial charge in [-0.15, -0.1) is 0 Å². The van der Waals surface area contributed by atoms with Crippen LogP contribution in [0.1, 0.15) is 41.3 Å². The zero-order valence-corrected chi connectivity index (χ0v) is 17.1. The van der Waals surface area contributed by atoms with Gasteiger partial charge in [0.1, 0.15) is 5.75 Å². The van der Waals surface area contributed by atoms with E-state index in [-0.39, 0.29) is 5.91 Å². The summed E-state index contributed by atoms with van der Waals surface area (Å²) in [5.41, 5.74) is 3.24. The van der Waals surface area contributed by atoms with Gasteiger partial charge in [0.25, 0.3) is 5.91 Å². The maximum atomic E-state index is 12.5. The summed E-state index contributed by atoms with van der Waals surface area (Å²) in [5.74, 6) is 0.537. The molecule has 0 atom stereocenters. The van der Waals surface area contributed by atoms with E-state index in [2.05, 4.69) is 12.2 Å². The molecule has 0 bridgehead atoms. The lowest BCUT2D eigenvalue weighted by atomic mass is 10.0. The number of ether oxygens (including phenoxy) is 1. The van der Waals surface area contributed by atoms with Crippen LogP contribution in [0.15, 0.2) is 42.5 Å². The fraction of sp³-hybridized carbons (Fsp3) is 0.381. The highest BCUT2D eigenvalue weighted by atomic mass is 32.2. The van der Waals surface area contributed by atoms with Crippen LogP contribution in [-0.4, -0.2) is 38.0 Å². The summed E-state index contributed by atoms with van der Waals surface area (Å²) in [4.78, 5) is 12.5. The number of carbonyl (C=O) groups is 1. The zero-order chi connectivity index (χ0) is 20.1. The van der Waals surface area contributed by atoms with Crippen LogP contribution in [0.5, 0.6) is 5.75 Å². The number of carbonyl (C=O) groups excluding carboxylic acids is 1. The first-order valence-electron chi connectivity index (χ1n) is 9.48. The summed E-state index contributed by atoms with van der Waals surface area (Å²) >= 11 is 0. The molecule has 0 aromatic heterocycles. The number of nitrogens with zero attached hydrogens (tertiary/aromatic N) is 1. The number of amides is 1. The van der Waals surface area contributed by atoms with Gasteiger partial charge >= 0.3 is 0 Å². The predicted molar refractivity (Wildman–Crippen MR) is 110 cm³/mol. The van der Waals surface area contributed by atoms with Crippen molar-refractivity contribution in [1.82, 2.24) is 4.31 Å². The fourth-order valence-electron chi connectivity index (χ4n) is 3.13. The summed E-state index contributed by atoms with van der Waals surface area (Å²) in [6.07, 6.45) is 3.97. The molecule has 1 aliphatic rings. The molecule has 0 unspecified atom stereocenters. The Bertz CT molecular complexity index is 939. The molecule has 0 fully saturated rings. The highest BCUT2D eigenvalue weighted by molar-refractivity contribution is 7.88. The van der Waals surface area contributed by atoms with Gasteiger partial charge in [-0.1, -0.05) is 19.4 Å². The minimum absolute atomic E-state index is 0.212. The number of hydrogen-bond donors (Lipinski definition) is 1. The van der Waals surface area contributed by atoms with Crippen molar-refractivity contribution >= 4 is 21.6 Å². The van der Waals surface area contributed by atoms with Crippen molar-refractivity contribution in [3.8, 4) is 5.75 Å². The predicted octanol–water partition coefficient (Wildman–Crippen LogP) is 3.44. The number of sulfonamides is 1. The number of anilines is 1. The van der Waals surface area contributed by atoms with Crippen molar-refractivity contribution < 1.29 is 17.9 Å². The molecule has 1 amide bonds. The van der Waals surface area contributed by atoms with Gasteiger partial charge in [-0.05, 0) is 60.4 Å². The van der Waals surface area contributed by atoms with E-state index in [0.29, 0.717) is 37.4 Å². The van der Waals surface area contributed by atoms with Crippen LogP contribution in [0.2, 0.25) is 0 Å². The van der Waals surface area contributed by atoms with Crippen LogP contribution in [0.4, 0.5) is 5.69 Å². The standard InChI is InChI=1S/C21H26N2O4S/c1-3-4-13-27-20-9-6-17(7-10-20)21(24)22-19-8-5-16-11-12-23(28(2,25)26)15-18(16)14-19/h5-10,14H,3-4,11-13,15H2,1-2H3,(H,22,24). The largest absolute Gasteiger partial charge is 0.494 e. The van der Waals surface area contributed by atoms with Gasteiger partial charge in [-0.2, -0.15) is 4.31 Å². The Kier molecular flexibility index (Phi) is 6.36. The first-order chi connectivity index (χ1) is 13.4. The summed E-state index contributed by atoms with van der Waals surface area (Å²) in [5, 5.41) is 2.89. The maximum absolute atomic E-state index is 12.5. The molecule has 0 aliphatic carbocycles. The van der Waals surface area contributed by atoms with Crippen LogP contribution < -0.4 is 10.1 Å². The van der Waals surface area contributed by atoms with Crippen molar-refractivity contribution in [2.45, 2.75) is 32.7 Å². The van der Waals surface area contributed by atoms with Crippen molar-refractivity contribution in [2.75, 3.05) is 24.7 Å². The smallest absolute Gasteiger partial charge is 0.255 e. The number of benzene rings is 2. The van der Waals surface area contributed by atoms with E-state index in [1.54, 1.807) is 24.3 Å². The number of nitrogens with one attached hydrogen (secondary N) is 1. The van der Waals surface area contributed by atoms with E-state index in [0.717, 1.165) is 29.7 Å². The van der Waals surface area contributed by atoms with Crippen molar-refractivity contribution in [2.24, 2.45) is 0 Å². The minimum atomic E-state index is -3.23. The Balaban J connectivity index is 1.66. The third-order valence-corrected chi connectivity index (χ3v) is 6.04. The lowest BCUT2D eigenvalue weighted by Crippen LogP contribution is -2.35. The Morgan fingerprint density at radius 2 is 1.89 bits per heavy atom. The SMILES string of the molecule is CCCCOc1ccc(C(=O)Nc2ccc3c(c2)CN(S(C)(=O)=O)CC3)cc1. The van der Waals surface area contributed by atoms with E-state index >= 15 is 0 Å². The average molecular weight is 403 g/mol. The highest BCUT2D eigenvalue weighted by Gasteiger charge is 2.23. The molecule has 1 aliphatic heterocycles. The second-order valence-corrected chi connectivity index (χ2v) is 8.99. The lowest BCUT2D eigenvalue weighted by Gasteiger charge is -2.27. The third-order valence-electron chi connectivity index (χ3n) is 4.79. The monoisotopic (exact) mass is 402 g/mol. The Morgan fingerprint density at radius 3 is 2.57 bits per heavy atom. The zero-order valence-electron chi connectivity index (χ0n) is 16.3. The molecule has 3 rings (SSSR count). The summed E-state index contributed by atoms with van der Waals surface area (Å²) in [6.45, 7) is 3.60. The van der Waals surface area contributed by atoms with Crippen LogP contribution in [0.3, 0.4) is 0 Å². The molecular weight excluding hydrogens is 376 g/mol. The Labute approximate surface area is 166 Å². The van der Waals surface area contributed by atoms with Crippen LogP contribution >= 0.6 is 0 Å². The van der Waals surface area contributed by atoms with E-state index in [9.17, 15) is 13.2 Å². The molecule has 1 heterocycles.